The van der Waals surface area contributed by atoms with Crippen molar-refractivity contribution in [2.24, 2.45) is 5.10 Å². The highest BCUT2D eigenvalue weighted by Gasteiger charge is 2.63. The second kappa shape index (κ2) is 7.03. The zero-order chi connectivity index (χ0) is 18.8. The number of halogens is 3. The van der Waals surface area contributed by atoms with Gasteiger partial charge in [0.05, 0.1) is 0 Å². The number of rotatable bonds is 5. The van der Waals surface area contributed by atoms with Crippen molar-refractivity contribution < 1.29 is 27.8 Å². The van der Waals surface area contributed by atoms with Gasteiger partial charge in [0.25, 0.3) is 11.6 Å². The molecule has 1 amide bonds. The minimum atomic E-state index is -5.01. The quantitative estimate of drug-likeness (QED) is 0.878. The van der Waals surface area contributed by atoms with E-state index in [0.717, 1.165) is 11.1 Å². The maximum Gasteiger partial charge on any atom is 0.438 e. The van der Waals surface area contributed by atoms with Gasteiger partial charge in [0.1, 0.15) is 5.75 Å². The summed E-state index contributed by atoms with van der Waals surface area (Å²) < 4.78 is 45.1. The summed E-state index contributed by atoms with van der Waals surface area (Å²) in [5.74, 6) is -0.677. The predicted molar refractivity (Wildman–Crippen MR) is 86.2 cm³/mol. The van der Waals surface area contributed by atoms with Crippen LogP contribution in [0.25, 0.3) is 0 Å². The van der Waals surface area contributed by atoms with Crippen molar-refractivity contribution in [3.8, 4) is 5.75 Å². The second-order valence-electron chi connectivity index (χ2n) is 6.23. The molecule has 1 aromatic carbocycles. The van der Waals surface area contributed by atoms with E-state index in [0.29, 0.717) is 12.2 Å². The highest BCUT2D eigenvalue weighted by atomic mass is 19.4. The molecule has 0 radical (unpaired) electrons. The summed E-state index contributed by atoms with van der Waals surface area (Å²) in [6.45, 7) is 4.81. The molecule has 0 unspecified atom stereocenters. The van der Waals surface area contributed by atoms with E-state index in [-0.39, 0.29) is 17.1 Å². The first-order chi connectivity index (χ1) is 11.6. The summed E-state index contributed by atoms with van der Waals surface area (Å²) in [6, 6.07) is 5.25. The van der Waals surface area contributed by atoms with Gasteiger partial charge < -0.3 is 9.84 Å². The highest BCUT2D eigenvalue weighted by molar-refractivity contribution is 5.91. The maximum absolute atomic E-state index is 13.3. The molecule has 5 nitrogen and oxygen atoms in total. The van der Waals surface area contributed by atoms with Gasteiger partial charge in [0.2, 0.25) is 0 Å². The summed E-state index contributed by atoms with van der Waals surface area (Å²) >= 11 is 0. The summed E-state index contributed by atoms with van der Waals surface area (Å²) in [7, 11) is 0. The van der Waals surface area contributed by atoms with Crippen LogP contribution in [-0.4, -0.2) is 40.2 Å². The van der Waals surface area contributed by atoms with Crippen LogP contribution in [0.5, 0.6) is 5.75 Å². The van der Waals surface area contributed by atoms with Gasteiger partial charge in [-0.3, -0.25) is 4.79 Å². The van der Waals surface area contributed by atoms with E-state index in [1.807, 2.05) is 19.9 Å². The Morgan fingerprint density at radius 2 is 1.92 bits per heavy atom. The first-order valence-corrected chi connectivity index (χ1v) is 7.96. The summed E-state index contributed by atoms with van der Waals surface area (Å²) in [5.41, 5.74) is -1.38. The minimum absolute atomic E-state index is 0.112. The van der Waals surface area contributed by atoms with Gasteiger partial charge >= 0.3 is 6.18 Å². The standard InChI is InChI=1S/C17H21F3N2O3/c1-4-5-13-9-16(24,17(18,19)20)22(21-13)15(23)10-25-14-7-11(2)6-12(3)8-14/h6-8,24H,4-5,9-10H2,1-3H3/t16-/m0/s1. The number of hydrazone groups is 1. The van der Waals surface area contributed by atoms with Gasteiger partial charge in [-0.25, -0.2) is 0 Å². The first kappa shape index (κ1) is 19.2. The average Bonchev–Trinajstić information content (AvgIpc) is 2.82. The maximum atomic E-state index is 13.3. The van der Waals surface area contributed by atoms with Crippen molar-refractivity contribution in [1.29, 1.82) is 0 Å². The Balaban J connectivity index is 2.16. The van der Waals surface area contributed by atoms with Crippen molar-refractivity contribution in [3.63, 3.8) is 0 Å². The molecular weight excluding hydrogens is 337 g/mol. The molecule has 25 heavy (non-hydrogen) atoms. The van der Waals surface area contributed by atoms with Crippen LogP contribution in [0.4, 0.5) is 13.2 Å². The fourth-order valence-electron chi connectivity index (χ4n) is 2.75. The first-order valence-electron chi connectivity index (χ1n) is 7.96. The van der Waals surface area contributed by atoms with Crippen LogP contribution in [0.2, 0.25) is 0 Å². The molecule has 0 aliphatic carbocycles. The molecule has 1 aliphatic heterocycles. The van der Waals surface area contributed by atoms with E-state index < -0.39 is 30.8 Å². The zero-order valence-corrected chi connectivity index (χ0v) is 14.4. The van der Waals surface area contributed by atoms with Crippen LogP contribution < -0.4 is 4.74 Å². The van der Waals surface area contributed by atoms with E-state index in [9.17, 15) is 23.1 Å². The molecule has 0 fully saturated rings. The monoisotopic (exact) mass is 358 g/mol. The van der Waals surface area contributed by atoms with Crippen LogP contribution in [-0.2, 0) is 4.79 Å². The normalized spacial score (nSPS) is 20.6. The number of hydrogen-bond acceptors (Lipinski definition) is 4. The van der Waals surface area contributed by atoms with Crippen molar-refractivity contribution in [2.75, 3.05) is 6.61 Å². The lowest BCUT2D eigenvalue weighted by atomic mass is 10.0. The van der Waals surface area contributed by atoms with E-state index in [4.69, 9.17) is 4.74 Å². The number of hydrogen-bond donors (Lipinski definition) is 1. The van der Waals surface area contributed by atoms with Gasteiger partial charge in [-0.05, 0) is 43.5 Å². The summed E-state index contributed by atoms with van der Waals surface area (Å²) in [4.78, 5) is 12.2. The van der Waals surface area contributed by atoms with E-state index in [1.54, 1.807) is 19.1 Å². The number of aliphatic hydroxyl groups is 1. The number of alkyl halides is 3. The number of benzene rings is 1. The lowest BCUT2D eigenvalue weighted by molar-refractivity contribution is -0.302. The molecule has 138 valence electrons. The molecule has 0 saturated carbocycles. The van der Waals surface area contributed by atoms with Gasteiger partial charge in [0.15, 0.2) is 6.61 Å². The smallest absolute Gasteiger partial charge is 0.438 e. The van der Waals surface area contributed by atoms with Crippen LogP contribution in [0.3, 0.4) is 0 Å². The molecule has 8 heteroatoms. The minimum Gasteiger partial charge on any atom is -0.484 e. The van der Waals surface area contributed by atoms with Crippen molar-refractivity contribution in [1.82, 2.24) is 5.01 Å². The Labute approximate surface area is 144 Å². The predicted octanol–water partition coefficient (Wildman–Crippen LogP) is 3.32. The fourth-order valence-corrected chi connectivity index (χ4v) is 2.75. The number of aryl methyl sites for hydroxylation is 2. The van der Waals surface area contributed by atoms with Gasteiger partial charge in [-0.2, -0.15) is 23.3 Å². The van der Waals surface area contributed by atoms with Crippen molar-refractivity contribution in [3.05, 3.63) is 29.3 Å². The molecule has 1 aliphatic rings. The number of carbonyl (C=O) groups is 1. The summed E-state index contributed by atoms with van der Waals surface area (Å²) in [5, 5.41) is 13.9. The topological polar surface area (TPSA) is 62.1 Å². The molecule has 0 saturated heterocycles. The molecule has 1 atom stereocenters. The average molecular weight is 358 g/mol. The van der Waals surface area contributed by atoms with Crippen LogP contribution in [0.1, 0.15) is 37.3 Å². The van der Waals surface area contributed by atoms with Crippen molar-refractivity contribution >= 4 is 11.6 Å². The lowest BCUT2D eigenvalue weighted by Crippen LogP contribution is -2.57. The second-order valence-corrected chi connectivity index (χ2v) is 6.23. The Morgan fingerprint density at radius 3 is 2.44 bits per heavy atom. The molecule has 1 heterocycles. The lowest BCUT2D eigenvalue weighted by Gasteiger charge is -2.32. The Kier molecular flexibility index (Phi) is 5.41. The fraction of sp³-hybridized carbons (Fsp3) is 0.529. The SMILES string of the molecule is CCCC1=NN(C(=O)COc2cc(C)cc(C)c2)[C@@](O)(C(F)(F)F)C1. The summed E-state index contributed by atoms with van der Waals surface area (Å²) in [6.07, 6.45) is -4.91. The molecular formula is C17H21F3N2O3. The van der Waals surface area contributed by atoms with Crippen molar-refractivity contribution in [2.45, 2.75) is 51.9 Å². The molecule has 0 spiro atoms. The molecule has 0 bridgehead atoms. The van der Waals surface area contributed by atoms with Crippen LogP contribution >= 0.6 is 0 Å². The third kappa shape index (κ3) is 4.12. The van der Waals surface area contributed by atoms with Gasteiger partial charge in [-0.1, -0.05) is 19.4 Å². The van der Waals surface area contributed by atoms with Gasteiger partial charge in [-0.15, -0.1) is 0 Å². The molecule has 1 aromatic rings. The van der Waals surface area contributed by atoms with Gasteiger partial charge in [0, 0.05) is 12.1 Å². The van der Waals surface area contributed by atoms with E-state index in [2.05, 4.69) is 5.10 Å². The Hall–Kier alpha value is -2.09. The third-order valence-electron chi connectivity index (χ3n) is 3.83. The number of ether oxygens (including phenoxy) is 1. The number of nitrogens with zero attached hydrogens (tertiary/aromatic N) is 2. The number of carbonyl (C=O) groups excluding carboxylic acids is 1. The van der Waals surface area contributed by atoms with E-state index in [1.165, 1.54) is 0 Å². The Morgan fingerprint density at radius 1 is 1.32 bits per heavy atom. The largest absolute Gasteiger partial charge is 0.484 e. The molecule has 0 aromatic heterocycles. The van der Waals surface area contributed by atoms with E-state index >= 15 is 0 Å². The molecule has 1 N–H and O–H groups in total. The number of amides is 1. The third-order valence-corrected chi connectivity index (χ3v) is 3.83. The zero-order valence-electron chi connectivity index (χ0n) is 14.4. The van der Waals surface area contributed by atoms with Crippen LogP contribution in [0.15, 0.2) is 23.3 Å². The molecule has 2 rings (SSSR count). The highest BCUT2D eigenvalue weighted by Crippen LogP contribution is 2.40. The van der Waals surface area contributed by atoms with Crippen LogP contribution in [0, 0.1) is 13.8 Å². The Bertz CT molecular complexity index is 668.